The summed E-state index contributed by atoms with van der Waals surface area (Å²) in [6.45, 7) is 3.56. The Morgan fingerprint density at radius 3 is 2.65 bits per heavy atom. The third kappa shape index (κ3) is 2.36. The normalized spacial score (nSPS) is 10.8. The summed E-state index contributed by atoms with van der Waals surface area (Å²) in [7, 11) is 0. The number of hydrogen-bond acceptors (Lipinski definition) is 4. The van der Waals surface area contributed by atoms with Crippen molar-refractivity contribution in [3.63, 3.8) is 0 Å². The van der Waals surface area contributed by atoms with Crippen molar-refractivity contribution < 1.29 is 9.21 Å². The third-order valence-electron chi connectivity index (χ3n) is 2.26. The lowest BCUT2D eigenvalue weighted by atomic mass is 10.1. The average Bonchev–Trinajstić information content (AvgIpc) is 2.77. The molecule has 0 saturated heterocycles. The second-order valence-corrected chi connectivity index (χ2v) is 4.32. The first-order chi connectivity index (χ1) is 8.09. The van der Waals surface area contributed by atoms with Crippen molar-refractivity contribution in [2.75, 3.05) is 0 Å². The first kappa shape index (κ1) is 11.8. The number of carbonyl (C=O) groups excluding carboxylic acids is 1. The van der Waals surface area contributed by atoms with Crippen LogP contribution in [0.5, 0.6) is 0 Å². The highest BCUT2D eigenvalue weighted by Crippen LogP contribution is 2.26. The largest absolute Gasteiger partial charge is 0.414 e. The molecule has 4 nitrogen and oxygen atoms in total. The fraction of sp³-hybridized carbons (Fsp3) is 0.250. The maximum absolute atomic E-state index is 11.6. The average molecular weight is 251 g/mol. The third-order valence-corrected chi connectivity index (χ3v) is 2.59. The lowest BCUT2D eigenvalue weighted by molar-refractivity contribution is 0.0905. The van der Waals surface area contributed by atoms with Crippen LogP contribution in [0.2, 0.25) is 5.02 Å². The molecule has 0 unspecified atom stereocenters. The van der Waals surface area contributed by atoms with E-state index >= 15 is 0 Å². The second-order valence-electron chi connectivity index (χ2n) is 3.91. The summed E-state index contributed by atoms with van der Waals surface area (Å²) in [5, 5.41) is 8.07. The van der Waals surface area contributed by atoms with E-state index in [0.717, 1.165) is 0 Å². The van der Waals surface area contributed by atoms with Gasteiger partial charge in [0.2, 0.25) is 11.7 Å². The van der Waals surface area contributed by atoms with Crippen LogP contribution < -0.4 is 0 Å². The highest BCUT2D eigenvalue weighted by Gasteiger charge is 2.19. The fourth-order valence-electron chi connectivity index (χ4n) is 1.31. The zero-order valence-electron chi connectivity index (χ0n) is 9.48. The summed E-state index contributed by atoms with van der Waals surface area (Å²) in [5.74, 6) is -0.0557. The minimum Gasteiger partial charge on any atom is -0.414 e. The molecule has 0 amide bonds. The number of hydrogen-bond donors (Lipinski definition) is 0. The summed E-state index contributed by atoms with van der Waals surface area (Å²) in [5.41, 5.74) is 0.629. The Labute approximate surface area is 104 Å². The van der Waals surface area contributed by atoms with Gasteiger partial charge in [0.15, 0.2) is 0 Å². The van der Waals surface area contributed by atoms with Gasteiger partial charge in [-0.2, -0.15) is 0 Å². The van der Waals surface area contributed by atoms with Gasteiger partial charge in [-0.3, -0.25) is 4.79 Å². The molecule has 88 valence electrons. The van der Waals surface area contributed by atoms with Gasteiger partial charge in [0, 0.05) is 5.92 Å². The molecule has 17 heavy (non-hydrogen) atoms. The molecule has 5 heteroatoms. The van der Waals surface area contributed by atoms with Crippen molar-refractivity contribution >= 4 is 17.4 Å². The van der Waals surface area contributed by atoms with E-state index in [1.807, 2.05) is 12.1 Å². The van der Waals surface area contributed by atoms with E-state index in [9.17, 15) is 4.79 Å². The summed E-state index contributed by atoms with van der Waals surface area (Å²) in [6, 6.07) is 7.11. The van der Waals surface area contributed by atoms with Gasteiger partial charge in [0.1, 0.15) is 0 Å². The van der Waals surface area contributed by atoms with E-state index in [2.05, 4.69) is 10.2 Å². The molecule has 0 fully saturated rings. The zero-order valence-corrected chi connectivity index (χ0v) is 10.2. The number of halogens is 1. The predicted molar refractivity (Wildman–Crippen MR) is 63.9 cm³/mol. The Bertz CT molecular complexity index is 549. The van der Waals surface area contributed by atoms with Crippen LogP contribution in [0, 0.1) is 5.92 Å². The molecule has 0 bridgehead atoms. The van der Waals surface area contributed by atoms with Gasteiger partial charge in [0.05, 0.1) is 10.6 Å². The van der Waals surface area contributed by atoms with Crippen LogP contribution in [0.1, 0.15) is 24.5 Å². The maximum atomic E-state index is 11.6. The van der Waals surface area contributed by atoms with Crippen molar-refractivity contribution in [1.82, 2.24) is 10.2 Å². The van der Waals surface area contributed by atoms with E-state index in [1.165, 1.54) is 0 Å². The highest BCUT2D eigenvalue weighted by atomic mass is 35.5. The van der Waals surface area contributed by atoms with Crippen LogP contribution in [-0.4, -0.2) is 16.0 Å². The molecule has 0 N–H and O–H groups in total. The molecule has 0 aliphatic rings. The molecule has 2 aromatic rings. The van der Waals surface area contributed by atoms with Gasteiger partial charge < -0.3 is 4.42 Å². The smallest absolute Gasteiger partial charge is 0.284 e. The summed E-state index contributed by atoms with van der Waals surface area (Å²) < 4.78 is 5.32. The Kier molecular flexibility index (Phi) is 3.24. The SMILES string of the molecule is CC(C)C(=O)c1nnc(-c2ccccc2Cl)o1. The van der Waals surface area contributed by atoms with Crippen molar-refractivity contribution in [3.8, 4) is 11.5 Å². The topological polar surface area (TPSA) is 56.0 Å². The molecular weight excluding hydrogens is 240 g/mol. The number of rotatable bonds is 3. The van der Waals surface area contributed by atoms with Crippen molar-refractivity contribution in [1.29, 1.82) is 0 Å². The molecule has 2 rings (SSSR count). The molecule has 1 aromatic heterocycles. The summed E-state index contributed by atoms with van der Waals surface area (Å²) >= 11 is 6.00. The summed E-state index contributed by atoms with van der Waals surface area (Å²) in [6.07, 6.45) is 0. The maximum Gasteiger partial charge on any atom is 0.284 e. The first-order valence-electron chi connectivity index (χ1n) is 5.22. The van der Waals surface area contributed by atoms with Gasteiger partial charge >= 0.3 is 0 Å². The van der Waals surface area contributed by atoms with Crippen LogP contribution >= 0.6 is 11.6 Å². The standard InChI is InChI=1S/C12H11ClN2O2/c1-7(2)10(16)12-15-14-11(17-12)8-5-3-4-6-9(8)13/h3-7H,1-2H3. The molecule has 0 spiro atoms. The van der Waals surface area contributed by atoms with E-state index in [4.69, 9.17) is 16.0 Å². The molecular formula is C12H11ClN2O2. The predicted octanol–water partition coefficient (Wildman–Crippen LogP) is 3.23. The molecule has 0 aliphatic carbocycles. The van der Waals surface area contributed by atoms with Crippen molar-refractivity contribution in [3.05, 3.63) is 35.2 Å². The van der Waals surface area contributed by atoms with E-state index in [1.54, 1.807) is 26.0 Å². The van der Waals surface area contributed by atoms with Gasteiger partial charge in [-0.25, -0.2) is 0 Å². The van der Waals surface area contributed by atoms with Crippen LogP contribution in [-0.2, 0) is 0 Å². The highest BCUT2D eigenvalue weighted by molar-refractivity contribution is 6.33. The fourth-order valence-corrected chi connectivity index (χ4v) is 1.53. The van der Waals surface area contributed by atoms with Gasteiger partial charge in [-0.1, -0.05) is 37.6 Å². The number of Topliss-reactive ketones (excluding diaryl/α,β-unsaturated/α-hetero) is 1. The molecule has 0 radical (unpaired) electrons. The molecule has 1 aromatic carbocycles. The van der Waals surface area contributed by atoms with E-state index in [0.29, 0.717) is 10.6 Å². The molecule has 0 saturated carbocycles. The van der Waals surface area contributed by atoms with Crippen LogP contribution in [0.15, 0.2) is 28.7 Å². The molecule has 1 heterocycles. The summed E-state index contributed by atoms with van der Waals surface area (Å²) in [4.78, 5) is 11.6. The Balaban J connectivity index is 2.37. The number of carbonyl (C=O) groups is 1. The lowest BCUT2D eigenvalue weighted by Gasteiger charge is -1.98. The zero-order chi connectivity index (χ0) is 12.4. The number of benzene rings is 1. The van der Waals surface area contributed by atoms with Gasteiger partial charge in [-0.05, 0) is 12.1 Å². The number of ketones is 1. The van der Waals surface area contributed by atoms with Crippen LogP contribution in [0.3, 0.4) is 0 Å². The quantitative estimate of drug-likeness (QED) is 0.785. The van der Waals surface area contributed by atoms with Crippen LogP contribution in [0.4, 0.5) is 0 Å². The van der Waals surface area contributed by atoms with E-state index in [-0.39, 0.29) is 23.5 Å². The minimum absolute atomic E-state index is 0.0231. The number of aromatic nitrogens is 2. The molecule has 0 atom stereocenters. The monoisotopic (exact) mass is 250 g/mol. The Hall–Kier alpha value is -1.68. The number of nitrogens with zero attached hydrogens (tertiary/aromatic N) is 2. The Morgan fingerprint density at radius 2 is 2.00 bits per heavy atom. The van der Waals surface area contributed by atoms with Crippen molar-refractivity contribution in [2.24, 2.45) is 5.92 Å². The van der Waals surface area contributed by atoms with Gasteiger partial charge in [0.25, 0.3) is 5.89 Å². The molecule has 0 aliphatic heterocycles. The van der Waals surface area contributed by atoms with Crippen molar-refractivity contribution in [2.45, 2.75) is 13.8 Å². The second kappa shape index (κ2) is 4.67. The Morgan fingerprint density at radius 1 is 1.29 bits per heavy atom. The van der Waals surface area contributed by atoms with Crippen LogP contribution in [0.25, 0.3) is 11.5 Å². The first-order valence-corrected chi connectivity index (χ1v) is 5.60. The minimum atomic E-state index is -0.172. The van der Waals surface area contributed by atoms with Gasteiger partial charge in [-0.15, -0.1) is 10.2 Å². The lowest BCUT2D eigenvalue weighted by Crippen LogP contribution is -2.07. The van der Waals surface area contributed by atoms with E-state index < -0.39 is 0 Å².